The summed E-state index contributed by atoms with van der Waals surface area (Å²) in [6, 6.07) is 0.223. The third-order valence-electron chi connectivity index (χ3n) is 4.14. The summed E-state index contributed by atoms with van der Waals surface area (Å²) in [6.07, 6.45) is 0. The predicted molar refractivity (Wildman–Crippen MR) is 82.7 cm³/mol. The van der Waals surface area contributed by atoms with E-state index in [1.165, 1.54) is 0 Å². The van der Waals surface area contributed by atoms with Gasteiger partial charge in [0.25, 0.3) is 0 Å². The SMILES string of the molecule is Cc1noc(C)c1CN(C)C(=O)NC[C@@H](C)N1CCOCC1. The normalized spacial score (nSPS) is 17.3. The molecule has 1 saturated heterocycles. The minimum atomic E-state index is -0.0832. The number of amides is 2. The molecule has 1 aromatic rings. The van der Waals surface area contributed by atoms with Gasteiger partial charge >= 0.3 is 6.03 Å². The highest BCUT2D eigenvalue weighted by atomic mass is 16.5. The molecule has 2 amide bonds. The molecule has 124 valence electrons. The van der Waals surface area contributed by atoms with Gasteiger partial charge in [-0.1, -0.05) is 5.16 Å². The van der Waals surface area contributed by atoms with Crippen molar-refractivity contribution in [1.82, 2.24) is 20.3 Å². The lowest BCUT2D eigenvalue weighted by molar-refractivity contribution is 0.0207. The van der Waals surface area contributed by atoms with Gasteiger partial charge in [-0.3, -0.25) is 4.90 Å². The standard InChI is InChI=1S/C15H26N4O3/c1-11(19-5-7-21-8-6-19)9-16-15(20)18(4)10-14-12(2)17-22-13(14)3/h11H,5-10H2,1-4H3,(H,16,20)/t11-/m1/s1. The second-order valence-corrected chi connectivity index (χ2v) is 5.84. The van der Waals surface area contributed by atoms with E-state index in [0.717, 1.165) is 43.3 Å². The summed E-state index contributed by atoms with van der Waals surface area (Å²) in [5.41, 5.74) is 1.80. The van der Waals surface area contributed by atoms with Gasteiger partial charge in [0.1, 0.15) is 5.76 Å². The van der Waals surface area contributed by atoms with Crippen molar-refractivity contribution in [3.8, 4) is 0 Å². The average Bonchev–Trinajstić information content (AvgIpc) is 2.84. The Hall–Kier alpha value is -1.60. The molecule has 1 aliphatic heterocycles. The maximum absolute atomic E-state index is 12.2. The number of carbonyl (C=O) groups excluding carboxylic acids is 1. The Morgan fingerprint density at radius 2 is 2.09 bits per heavy atom. The molecule has 0 unspecified atom stereocenters. The number of hydrogen-bond acceptors (Lipinski definition) is 5. The molecule has 1 aliphatic rings. The highest BCUT2D eigenvalue weighted by molar-refractivity contribution is 5.73. The number of rotatable bonds is 5. The average molecular weight is 310 g/mol. The Bertz CT molecular complexity index is 477. The molecule has 0 spiro atoms. The lowest BCUT2D eigenvalue weighted by Gasteiger charge is -2.32. The lowest BCUT2D eigenvalue weighted by atomic mass is 10.2. The van der Waals surface area contributed by atoms with Gasteiger partial charge in [-0.05, 0) is 20.8 Å². The number of aryl methyl sites for hydroxylation is 2. The summed E-state index contributed by atoms with van der Waals surface area (Å²) in [7, 11) is 1.78. The molecule has 2 rings (SSSR count). The van der Waals surface area contributed by atoms with Crippen LogP contribution in [0.1, 0.15) is 23.9 Å². The number of hydrogen-bond donors (Lipinski definition) is 1. The summed E-state index contributed by atoms with van der Waals surface area (Å²) in [6.45, 7) is 10.4. The van der Waals surface area contributed by atoms with E-state index in [2.05, 4.69) is 22.3 Å². The van der Waals surface area contributed by atoms with Gasteiger partial charge < -0.3 is 19.5 Å². The molecule has 0 radical (unpaired) electrons. The molecule has 0 saturated carbocycles. The van der Waals surface area contributed by atoms with Crippen molar-refractivity contribution in [2.24, 2.45) is 0 Å². The van der Waals surface area contributed by atoms with Gasteiger partial charge in [-0.25, -0.2) is 4.79 Å². The first-order valence-electron chi connectivity index (χ1n) is 7.71. The minimum absolute atomic E-state index is 0.0832. The predicted octanol–water partition coefficient (Wildman–Crippen LogP) is 1.15. The highest BCUT2D eigenvalue weighted by Gasteiger charge is 2.19. The van der Waals surface area contributed by atoms with Crippen LogP contribution < -0.4 is 5.32 Å². The third-order valence-corrected chi connectivity index (χ3v) is 4.14. The van der Waals surface area contributed by atoms with Crippen molar-refractivity contribution in [1.29, 1.82) is 0 Å². The Labute approximate surface area is 131 Å². The van der Waals surface area contributed by atoms with Crippen LogP contribution in [0.25, 0.3) is 0 Å². The molecule has 7 heteroatoms. The van der Waals surface area contributed by atoms with Crippen molar-refractivity contribution in [2.75, 3.05) is 39.9 Å². The van der Waals surface area contributed by atoms with Gasteiger partial charge in [0.05, 0.1) is 25.5 Å². The smallest absolute Gasteiger partial charge is 0.317 e. The molecule has 0 aromatic carbocycles. The van der Waals surface area contributed by atoms with E-state index in [1.54, 1.807) is 11.9 Å². The van der Waals surface area contributed by atoms with Crippen molar-refractivity contribution in [3.63, 3.8) is 0 Å². The zero-order chi connectivity index (χ0) is 16.1. The highest BCUT2D eigenvalue weighted by Crippen LogP contribution is 2.14. The molecule has 1 N–H and O–H groups in total. The molecular weight excluding hydrogens is 284 g/mol. The zero-order valence-electron chi connectivity index (χ0n) is 13.9. The van der Waals surface area contributed by atoms with E-state index in [-0.39, 0.29) is 6.03 Å². The van der Waals surface area contributed by atoms with Crippen LogP contribution in [0.2, 0.25) is 0 Å². The Morgan fingerprint density at radius 1 is 1.41 bits per heavy atom. The number of nitrogens with one attached hydrogen (secondary N) is 1. The first-order valence-corrected chi connectivity index (χ1v) is 7.71. The van der Waals surface area contributed by atoms with Crippen LogP contribution in [0.4, 0.5) is 4.79 Å². The number of carbonyl (C=O) groups is 1. The first-order chi connectivity index (χ1) is 10.5. The van der Waals surface area contributed by atoms with Crippen molar-refractivity contribution in [2.45, 2.75) is 33.4 Å². The largest absolute Gasteiger partial charge is 0.379 e. The fraction of sp³-hybridized carbons (Fsp3) is 0.733. The number of ether oxygens (including phenoxy) is 1. The number of nitrogens with zero attached hydrogens (tertiary/aromatic N) is 3. The van der Waals surface area contributed by atoms with Crippen LogP contribution in [0, 0.1) is 13.8 Å². The molecule has 7 nitrogen and oxygen atoms in total. The second kappa shape index (κ2) is 7.60. The second-order valence-electron chi connectivity index (χ2n) is 5.84. The molecule has 0 aliphatic carbocycles. The Kier molecular flexibility index (Phi) is 5.79. The molecule has 0 bridgehead atoms. The maximum atomic E-state index is 12.2. The molecule has 1 atom stereocenters. The van der Waals surface area contributed by atoms with Crippen LogP contribution in [-0.2, 0) is 11.3 Å². The fourth-order valence-electron chi connectivity index (χ4n) is 2.55. The van der Waals surface area contributed by atoms with E-state index >= 15 is 0 Å². The number of aromatic nitrogens is 1. The van der Waals surface area contributed by atoms with Crippen LogP contribution in [-0.4, -0.2) is 66.9 Å². The topological polar surface area (TPSA) is 70.8 Å². The molecule has 22 heavy (non-hydrogen) atoms. The number of morpholine rings is 1. The van der Waals surface area contributed by atoms with E-state index in [9.17, 15) is 4.79 Å². The lowest BCUT2D eigenvalue weighted by Crippen LogP contribution is -2.49. The molecule has 1 aromatic heterocycles. The monoisotopic (exact) mass is 310 g/mol. The zero-order valence-corrected chi connectivity index (χ0v) is 13.9. The summed E-state index contributed by atoms with van der Waals surface area (Å²) < 4.78 is 10.5. The van der Waals surface area contributed by atoms with Gasteiger partial charge in [0.15, 0.2) is 0 Å². The van der Waals surface area contributed by atoms with Crippen LogP contribution in [0.3, 0.4) is 0 Å². The van der Waals surface area contributed by atoms with Gasteiger partial charge in [0, 0.05) is 38.3 Å². The minimum Gasteiger partial charge on any atom is -0.379 e. The Balaban J connectivity index is 1.78. The van der Waals surface area contributed by atoms with Crippen LogP contribution in [0.5, 0.6) is 0 Å². The van der Waals surface area contributed by atoms with E-state index in [4.69, 9.17) is 9.26 Å². The maximum Gasteiger partial charge on any atom is 0.317 e. The van der Waals surface area contributed by atoms with Crippen LogP contribution in [0.15, 0.2) is 4.52 Å². The van der Waals surface area contributed by atoms with E-state index in [1.807, 2.05) is 13.8 Å². The third kappa shape index (κ3) is 4.20. The Morgan fingerprint density at radius 3 is 2.68 bits per heavy atom. The molecule has 1 fully saturated rings. The summed E-state index contributed by atoms with van der Waals surface area (Å²) in [5.74, 6) is 0.763. The van der Waals surface area contributed by atoms with Gasteiger partial charge in [-0.2, -0.15) is 0 Å². The van der Waals surface area contributed by atoms with Crippen molar-refractivity contribution >= 4 is 6.03 Å². The summed E-state index contributed by atoms with van der Waals surface area (Å²) >= 11 is 0. The quantitative estimate of drug-likeness (QED) is 0.883. The van der Waals surface area contributed by atoms with Gasteiger partial charge in [-0.15, -0.1) is 0 Å². The van der Waals surface area contributed by atoms with Crippen LogP contribution >= 0.6 is 0 Å². The molecule has 2 heterocycles. The van der Waals surface area contributed by atoms with Crippen molar-refractivity contribution < 1.29 is 14.1 Å². The van der Waals surface area contributed by atoms with Gasteiger partial charge in [0.2, 0.25) is 0 Å². The van der Waals surface area contributed by atoms with Crippen molar-refractivity contribution in [3.05, 3.63) is 17.0 Å². The van der Waals surface area contributed by atoms with E-state index < -0.39 is 0 Å². The fourth-order valence-corrected chi connectivity index (χ4v) is 2.55. The number of urea groups is 1. The van der Waals surface area contributed by atoms with E-state index in [0.29, 0.717) is 19.1 Å². The molecular formula is C15H26N4O3. The first kappa shape index (κ1) is 16.8. The summed E-state index contributed by atoms with van der Waals surface area (Å²) in [4.78, 5) is 16.2. The summed E-state index contributed by atoms with van der Waals surface area (Å²) in [5, 5.41) is 6.90.